The maximum atomic E-state index is 11.8. The summed E-state index contributed by atoms with van der Waals surface area (Å²) in [6.45, 7) is 5.91. The number of hydrogen-bond acceptors (Lipinski definition) is 3. The average molecular weight is 287 g/mol. The van der Waals surface area contributed by atoms with Crippen LogP contribution in [0.15, 0.2) is 23.1 Å². The van der Waals surface area contributed by atoms with E-state index in [1.165, 1.54) is 11.8 Å². The SMILES string of the molecule is CCN(CC)C(=O)CSc1ccc(CN)c(Cl)c1. The number of hydrogen-bond donors (Lipinski definition) is 1. The van der Waals surface area contributed by atoms with Crippen molar-refractivity contribution in [3.8, 4) is 0 Å². The first-order valence-electron chi connectivity index (χ1n) is 6.01. The van der Waals surface area contributed by atoms with Crippen molar-refractivity contribution in [2.24, 2.45) is 5.73 Å². The maximum Gasteiger partial charge on any atom is 0.232 e. The minimum atomic E-state index is 0.157. The van der Waals surface area contributed by atoms with E-state index in [-0.39, 0.29) is 5.91 Å². The zero-order valence-electron chi connectivity index (χ0n) is 10.8. The maximum absolute atomic E-state index is 11.8. The Balaban J connectivity index is 2.58. The van der Waals surface area contributed by atoms with Gasteiger partial charge in [-0.25, -0.2) is 0 Å². The number of carbonyl (C=O) groups excluding carboxylic acids is 1. The number of carbonyl (C=O) groups is 1. The lowest BCUT2D eigenvalue weighted by atomic mass is 10.2. The Hall–Kier alpha value is -0.710. The molecule has 5 heteroatoms. The second-order valence-electron chi connectivity index (χ2n) is 3.81. The highest BCUT2D eigenvalue weighted by molar-refractivity contribution is 8.00. The first-order valence-corrected chi connectivity index (χ1v) is 7.37. The molecule has 100 valence electrons. The Bertz CT molecular complexity index is 408. The van der Waals surface area contributed by atoms with Crippen molar-refractivity contribution in [1.29, 1.82) is 0 Å². The van der Waals surface area contributed by atoms with Gasteiger partial charge in [-0.3, -0.25) is 4.79 Å². The standard InChI is InChI=1S/C13H19ClN2OS/c1-3-16(4-2)13(17)9-18-11-6-5-10(8-15)12(14)7-11/h5-7H,3-4,8-9,15H2,1-2H3. The average Bonchev–Trinajstić information content (AvgIpc) is 2.38. The van der Waals surface area contributed by atoms with Gasteiger partial charge in [-0.2, -0.15) is 0 Å². The number of nitrogens with zero attached hydrogens (tertiary/aromatic N) is 1. The molecule has 1 aromatic rings. The van der Waals surface area contributed by atoms with Crippen LogP contribution in [0.3, 0.4) is 0 Å². The van der Waals surface area contributed by atoms with E-state index in [0.29, 0.717) is 17.3 Å². The molecule has 3 nitrogen and oxygen atoms in total. The minimum Gasteiger partial charge on any atom is -0.343 e. The molecule has 0 radical (unpaired) electrons. The highest BCUT2D eigenvalue weighted by Gasteiger charge is 2.10. The third-order valence-corrected chi connectivity index (χ3v) is 4.05. The zero-order chi connectivity index (χ0) is 13.5. The predicted molar refractivity (Wildman–Crippen MR) is 78.0 cm³/mol. The van der Waals surface area contributed by atoms with Crippen LogP contribution < -0.4 is 5.73 Å². The van der Waals surface area contributed by atoms with Crippen molar-refractivity contribution in [2.45, 2.75) is 25.3 Å². The molecule has 1 amide bonds. The molecule has 2 N–H and O–H groups in total. The normalized spacial score (nSPS) is 10.4. The summed E-state index contributed by atoms with van der Waals surface area (Å²) in [5.74, 6) is 0.601. The second kappa shape index (κ2) is 7.67. The van der Waals surface area contributed by atoms with Crippen LogP contribution in [-0.4, -0.2) is 29.6 Å². The molecule has 0 fully saturated rings. The van der Waals surface area contributed by atoms with Gasteiger partial charge < -0.3 is 10.6 Å². The summed E-state index contributed by atoms with van der Waals surface area (Å²) in [6.07, 6.45) is 0. The molecule has 0 bridgehead atoms. The van der Waals surface area contributed by atoms with Gasteiger partial charge in [0.05, 0.1) is 5.75 Å². The van der Waals surface area contributed by atoms with E-state index in [9.17, 15) is 4.79 Å². The van der Waals surface area contributed by atoms with Gasteiger partial charge in [-0.05, 0) is 31.5 Å². The molecule has 0 aliphatic rings. The van der Waals surface area contributed by atoms with Gasteiger partial charge in [-0.1, -0.05) is 17.7 Å². The molecule has 1 aromatic carbocycles. The molecule has 0 aliphatic heterocycles. The smallest absolute Gasteiger partial charge is 0.232 e. The van der Waals surface area contributed by atoms with Crippen LogP contribution in [-0.2, 0) is 11.3 Å². The molecule has 0 spiro atoms. The van der Waals surface area contributed by atoms with Gasteiger partial charge >= 0.3 is 0 Å². The molecule has 0 atom stereocenters. The first kappa shape index (κ1) is 15.3. The fourth-order valence-electron chi connectivity index (χ4n) is 1.60. The topological polar surface area (TPSA) is 46.3 Å². The summed E-state index contributed by atoms with van der Waals surface area (Å²) in [5, 5.41) is 0.665. The lowest BCUT2D eigenvalue weighted by Crippen LogP contribution is -2.31. The Kier molecular flexibility index (Phi) is 6.54. The Morgan fingerprint density at radius 3 is 2.56 bits per heavy atom. The number of benzene rings is 1. The lowest BCUT2D eigenvalue weighted by molar-refractivity contribution is -0.127. The van der Waals surface area contributed by atoms with Crippen LogP contribution >= 0.6 is 23.4 Å². The van der Waals surface area contributed by atoms with Crippen molar-refractivity contribution >= 4 is 29.3 Å². The summed E-state index contributed by atoms with van der Waals surface area (Å²) < 4.78 is 0. The van der Waals surface area contributed by atoms with Gasteiger partial charge in [0.2, 0.25) is 5.91 Å². The highest BCUT2D eigenvalue weighted by Crippen LogP contribution is 2.25. The van der Waals surface area contributed by atoms with Crippen LogP contribution in [0.25, 0.3) is 0 Å². The van der Waals surface area contributed by atoms with E-state index in [1.54, 1.807) is 0 Å². The highest BCUT2D eigenvalue weighted by atomic mass is 35.5. The molecule has 0 aliphatic carbocycles. The molecule has 0 aromatic heterocycles. The number of rotatable bonds is 6. The van der Waals surface area contributed by atoms with E-state index in [1.807, 2.05) is 36.9 Å². The van der Waals surface area contributed by atoms with Crippen molar-refractivity contribution in [3.63, 3.8) is 0 Å². The molecule has 1 rings (SSSR count). The fourth-order valence-corrected chi connectivity index (χ4v) is 2.76. The third-order valence-electron chi connectivity index (χ3n) is 2.72. The quantitative estimate of drug-likeness (QED) is 0.818. The number of amides is 1. The van der Waals surface area contributed by atoms with E-state index >= 15 is 0 Å². The van der Waals surface area contributed by atoms with Gasteiger partial charge in [0.15, 0.2) is 0 Å². The summed E-state index contributed by atoms with van der Waals surface area (Å²) in [6, 6.07) is 5.73. The van der Waals surface area contributed by atoms with E-state index in [0.717, 1.165) is 23.5 Å². The van der Waals surface area contributed by atoms with Crippen LogP contribution in [0.2, 0.25) is 5.02 Å². The minimum absolute atomic E-state index is 0.157. The summed E-state index contributed by atoms with van der Waals surface area (Å²) >= 11 is 7.58. The van der Waals surface area contributed by atoms with Crippen molar-refractivity contribution in [2.75, 3.05) is 18.8 Å². The number of nitrogens with two attached hydrogens (primary N) is 1. The van der Waals surface area contributed by atoms with Gasteiger partial charge in [0.25, 0.3) is 0 Å². The summed E-state index contributed by atoms with van der Waals surface area (Å²) in [7, 11) is 0. The van der Waals surface area contributed by atoms with Crippen LogP contribution in [0.1, 0.15) is 19.4 Å². The lowest BCUT2D eigenvalue weighted by Gasteiger charge is -2.18. The van der Waals surface area contributed by atoms with Gasteiger partial charge in [-0.15, -0.1) is 11.8 Å². The Morgan fingerprint density at radius 2 is 2.06 bits per heavy atom. The monoisotopic (exact) mass is 286 g/mol. The van der Waals surface area contributed by atoms with E-state index in [2.05, 4.69) is 0 Å². The Labute approximate surface area is 118 Å². The van der Waals surface area contributed by atoms with Crippen LogP contribution in [0.4, 0.5) is 0 Å². The van der Waals surface area contributed by atoms with Crippen LogP contribution in [0.5, 0.6) is 0 Å². The molecular weight excluding hydrogens is 268 g/mol. The molecule has 0 heterocycles. The molecular formula is C13H19ClN2OS. The van der Waals surface area contributed by atoms with Crippen molar-refractivity contribution in [3.05, 3.63) is 28.8 Å². The summed E-state index contributed by atoms with van der Waals surface area (Å²) in [4.78, 5) is 14.7. The first-order chi connectivity index (χ1) is 8.62. The molecule has 18 heavy (non-hydrogen) atoms. The summed E-state index contributed by atoms with van der Waals surface area (Å²) in [5.41, 5.74) is 6.47. The largest absolute Gasteiger partial charge is 0.343 e. The van der Waals surface area contributed by atoms with Crippen molar-refractivity contribution < 1.29 is 4.79 Å². The van der Waals surface area contributed by atoms with Gasteiger partial charge in [0, 0.05) is 29.6 Å². The third kappa shape index (κ3) is 4.19. The van der Waals surface area contributed by atoms with Crippen molar-refractivity contribution in [1.82, 2.24) is 4.90 Å². The predicted octanol–water partition coefficient (Wildman–Crippen LogP) is 2.76. The number of thioether (sulfide) groups is 1. The zero-order valence-corrected chi connectivity index (χ0v) is 12.4. The molecule has 0 saturated carbocycles. The van der Waals surface area contributed by atoms with Gasteiger partial charge in [0.1, 0.15) is 0 Å². The molecule has 0 unspecified atom stereocenters. The Morgan fingerprint density at radius 1 is 1.39 bits per heavy atom. The second-order valence-corrected chi connectivity index (χ2v) is 5.27. The molecule has 0 saturated heterocycles. The number of halogens is 1. The van der Waals surface area contributed by atoms with E-state index < -0.39 is 0 Å². The van der Waals surface area contributed by atoms with E-state index in [4.69, 9.17) is 17.3 Å². The van der Waals surface area contributed by atoms with Crippen LogP contribution in [0, 0.1) is 0 Å². The fraction of sp³-hybridized carbons (Fsp3) is 0.462.